The maximum absolute atomic E-state index is 12.8. The van der Waals surface area contributed by atoms with Crippen molar-refractivity contribution < 1.29 is 4.74 Å². The molecule has 0 radical (unpaired) electrons. The number of benzene rings is 1. The molecule has 0 bridgehead atoms. The lowest BCUT2D eigenvalue weighted by atomic mass is 10.0. The van der Waals surface area contributed by atoms with E-state index in [1.165, 1.54) is 4.57 Å². The zero-order valence-corrected chi connectivity index (χ0v) is 16.5. The Morgan fingerprint density at radius 1 is 1.17 bits per heavy atom. The van der Waals surface area contributed by atoms with Crippen LogP contribution in [0.2, 0.25) is 0 Å². The van der Waals surface area contributed by atoms with E-state index in [-0.39, 0.29) is 11.2 Å². The Kier molecular flexibility index (Phi) is 4.51. The highest BCUT2D eigenvalue weighted by atomic mass is 16.5. The van der Waals surface area contributed by atoms with Gasteiger partial charge in [-0.1, -0.05) is 0 Å². The monoisotopic (exact) mass is 391 g/mol. The summed E-state index contributed by atoms with van der Waals surface area (Å²) < 4.78 is 10.6. The molecule has 29 heavy (non-hydrogen) atoms. The van der Waals surface area contributed by atoms with Crippen molar-refractivity contribution in [2.75, 3.05) is 7.11 Å². The standard InChI is InChI=1S/C21H21N5O3/c1-24-12-15(13-8-10-23-17(13)20(24)27)14-6-7-16-18(19(14)29-3)26(11-5-4-9-22)21(28)25(16)2/h6-8,10,12,23H,4-5,11H2,1-3H3. The van der Waals surface area contributed by atoms with Gasteiger partial charge in [0.1, 0.15) is 11.0 Å². The van der Waals surface area contributed by atoms with E-state index in [9.17, 15) is 9.59 Å². The number of hydrogen-bond acceptors (Lipinski definition) is 4. The third-order valence-electron chi connectivity index (χ3n) is 5.32. The van der Waals surface area contributed by atoms with Crippen LogP contribution in [0.1, 0.15) is 12.8 Å². The maximum atomic E-state index is 12.8. The molecule has 1 aromatic carbocycles. The van der Waals surface area contributed by atoms with Crippen LogP contribution in [0, 0.1) is 11.3 Å². The zero-order chi connectivity index (χ0) is 20.7. The summed E-state index contributed by atoms with van der Waals surface area (Å²) in [5, 5.41) is 9.65. The third-order valence-corrected chi connectivity index (χ3v) is 5.32. The fraction of sp³-hybridized carbons (Fsp3) is 0.286. The number of nitriles is 1. The summed E-state index contributed by atoms with van der Waals surface area (Å²) in [5.74, 6) is 0.568. The van der Waals surface area contributed by atoms with Crippen LogP contribution >= 0.6 is 0 Å². The third kappa shape index (κ3) is 2.74. The van der Waals surface area contributed by atoms with Crippen molar-refractivity contribution >= 4 is 21.9 Å². The molecule has 0 saturated heterocycles. The van der Waals surface area contributed by atoms with Crippen LogP contribution in [0.5, 0.6) is 5.75 Å². The van der Waals surface area contributed by atoms with E-state index in [1.807, 2.05) is 18.2 Å². The Morgan fingerprint density at radius 2 is 1.97 bits per heavy atom. The minimum absolute atomic E-state index is 0.109. The first kappa shape index (κ1) is 18.6. The van der Waals surface area contributed by atoms with Gasteiger partial charge in [-0.2, -0.15) is 5.26 Å². The van der Waals surface area contributed by atoms with Crippen LogP contribution in [0.3, 0.4) is 0 Å². The van der Waals surface area contributed by atoms with Gasteiger partial charge in [0.05, 0.1) is 18.7 Å². The molecule has 0 atom stereocenters. The summed E-state index contributed by atoms with van der Waals surface area (Å²) in [4.78, 5) is 28.2. The molecule has 3 heterocycles. The number of fused-ring (bicyclic) bond motifs is 2. The number of H-pyrrole nitrogens is 1. The zero-order valence-electron chi connectivity index (χ0n) is 16.5. The van der Waals surface area contributed by atoms with E-state index in [4.69, 9.17) is 10.00 Å². The first-order chi connectivity index (χ1) is 14.0. The summed E-state index contributed by atoms with van der Waals surface area (Å²) in [6.45, 7) is 0.427. The normalized spacial score (nSPS) is 11.2. The number of nitrogens with one attached hydrogen (secondary N) is 1. The van der Waals surface area contributed by atoms with Crippen LogP contribution in [0.25, 0.3) is 33.1 Å². The van der Waals surface area contributed by atoms with Gasteiger partial charge in [-0.15, -0.1) is 0 Å². The second-order valence-electron chi connectivity index (χ2n) is 6.99. The molecular formula is C21H21N5O3. The van der Waals surface area contributed by atoms with Crippen LogP contribution in [-0.2, 0) is 20.6 Å². The van der Waals surface area contributed by atoms with Gasteiger partial charge < -0.3 is 14.3 Å². The van der Waals surface area contributed by atoms with Crippen molar-refractivity contribution in [3.63, 3.8) is 0 Å². The van der Waals surface area contributed by atoms with Crippen molar-refractivity contribution in [1.29, 1.82) is 5.26 Å². The topological polar surface area (TPSA) is 97.7 Å². The minimum atomic E-state index is -0.152. The predicted octanol–water partition coefficient (Wildman–Crippen LogP) is 2.50. The van der Waals surface area contributed by atoms with Gasteiger partial charge in [0, 0.05) is 56.0 Å². The highest BCUT2D eigenvalue weighted by Gasteiger charge is 2.21. The molecule has 0 amide bonds. The van der Waals surface area contributed by atoms with Gasteiger partial charge in [0.25, 0.3) is 5.56 Å². The number of aromatic amines is 1. The van der Waals surface area contributed by atoms with E-state index in [0.717, 1.165) is 22.0 Å². The summed E-state index contributed by atoms with van der Waals surface area (Å²) in [6, 6.07) is 7.78. The van der Waals surface area contributed by atoms with E-state index in [2.05, 4.69) is 11.1 Å². The van der Waals surface area contributed by atoms with Crippen molar-refractivity contribution in [2.45, 2.75) is 19.4 Å². The second-order valence-corrected chi connectivity index (χ2v) is 6.99. The van der Waals surface area contributed by atoms with Crippen LogP contribution in [0.15, 0.2) is 40.2 Å². The number of nitrogens with zero attached hydrogens (tertiary/aromatic N) is 4. The van der Waals surface area contributed by atoms with Gasteiger partial charge in [-0.3, -0.25) is 13.9 Å². The van der Waals surface area contributed by atoms with E-state index >= 15 is 0 Å². The SMILES string of the molecule is COc1c(-c2cn(C)c(=O)c3[nH]ccc23)ccc2c1n(CCCC#N)c(=O)n2C. The van der Waals surface area contributed by atoms with Gasteiger partial charge in [0.2, 0.25) is 0 Å². The number of aryl methyl sites for hydroxylation is 3. The lowest BCUT2D eigenvalue weighted by molar-refractivity contribution is 0.418. The molecule has 0 aliphatic heterocycles. The van der Waals surface area contributed by atoms with Gasteiger partial charge >= 0.3 is 5.69 Å². The summed E-state index contributed by atoms with van der Waals surface area (Å²) in [5.41, 5.74) is 3.33. The largest absolute Gasteiger partial charge is 0.494 e. The molecule has 0 fully saturated rings. The molecule has 4 aromatic rings. The van der Waals surface area contributed by atoms with Crippen LogP contribution in [-0.4, -0.2) is 25.8 Å². The fourth-order valence-corrected chi connectivity index (χ4v) is 3.90. The smallest absolute Gasteiger partial charge is 0.328 e. The number of ether oxygens (including phenoxy) is 1. The molecule has 8 heteroatoms. The molecular weight excluding hydrogens is 370 g/mol. The van der Waals surface area contributed by atoms with Gasteiger partial charge in [-0.05, 0) is 24.6 Å². The molecule has 0 unspecified atom stereocenters. The molecule has 0 spiro atoms. The Hall–Kier alpha value is -3.73. The number of unbranched alkanes of at least 4 members (excludes halogenated alkanes) is 1. The molecule has 0 saturated carbocycles. The number of pyridine rings is 1. The van der Waals surface area contributed by atoms with Crippen LogP contribution in [0.4, 0.5) is 0 Å². The number of methoxy groups -OCH3 is 1. The molecule has 1 N–H and O–H groups in total. The van der Waals surface area contributed by atoms with Gasteiger partial charge in [0.15, 0.2) is 5.75 Å². The predicted molar refractivity (Wildman–Crippen MR) is 111 cm³/mol. The van der Waals surface area contributed by atoms with Crippen LogP contribution < -0.4 is 16.0 Å². The quantitative estimate of drug-likeness (QED) is 0.529. The first-order valence-corrected chi connectivity index (χ1v) is 9.29. The Morgan fingerprint density at radius 3 is 2.69 bits per heavy atom. The lowest BCUT2D eigenvalue weighted by Gasteiger charge is -2.14. The van der Waals surface area contributed by atoms with Crippen molar-refractivity contribution in [3.05, 3.63) is 51.4 Å². The van der Waals surface area contributed by atoms with Crippen molar-refractivity contribution in [1.82, 2.24) is 18.7 Å². The van der Waals surface area contributed by atoms with E-state index in [0.29, 0.717) is 36.2 Å². The Bertz CT molecular complexity index is 1390. The minimum Gasteiger partial charge on any atom is -0.494 e. The Labute approximate surface area is 166 Å². The average molecular weight is 391 g/mol. The summed E-state index contributed by atoms with van der Waals surface area (Å²) in [6.07, 6.45) is 4.46. The summed E-state index contributed by atoms with van der Waals surface area (Å²) in [7, 11) is 5.00. The molecule has 8 nitrogen and oxygen atoms in total. The number of aromatic nitrogens is 4. The number of hydrogen-bond donors (Lipinski definition) is 1. The number of imidazole rings is 1. The average Bonchev–Trinajstić information content (AvgIpc) is 3.30. The molecule has 3 aromatic heterocycles. The van der Waals surface area contributed by atoms with E-state index < -0.39 is 0 Å². The highest BCUT2D eigenvalue weighted by molar-refractivity contribution is 6.00. The number of rotatable bonds is 5. The van der Waals surface area contributed by atoms with Gasteiger partial charge in [-0.25, -0.2) is 4.79 Å². The Balaban J connectivity index is 2.06. The summed E-state index contributed by atoms with van der Waals surface area (Å²) >= 11 is 0. The molecule has 0 aliphatic carbocycles. The van der Waals surface area contributed by atoms with Crippen molar-refractivity contribution in [3.8, 4) is 22.9 Å². The highest BCUT2D eigenvalue weighted by Crippen LogP contribution is 2.38. The molecule has 4 rings (SSSR count). The first-order valence-electron chi connectivity index (χ1n) is 9.29. The fourth-order valence-electron chi connectivity index (χ4n) is 3.90. The molecule has 0 aliphatic rings. The second kappa shape index (κ2) is 7.02. The van der Waals surface area contributed by atoms with Crippen molar-refractivity contribution in [2.24, 2.45) is 14.1 Å². The van der Waals surface area contributed by atoms with E-state index in [1.54, 1.807) is 42.7 Å². The molecule has 148 valence electrons. The maximum Gasteiger partial charge on any atom is 0.328 e. The lowest BCUT2D eigenvalue weighted by Crippen LogP contribution is -2.22.